The molecule has 4 rings (SSSR count). The number of carbonyl (C=O) groups is 1. The molecule has 0 fully saturated rings. The van der Waals surface area contributed by atoms with Crippen molar-refractivity contribution in [3.8, 4) is 17.1 Å². The first-order chi connectivity index (χ1) is 15.0. The summed E-state index contributed by atoms with van der Waals surface area (Å²) in [6.45, 7) is 0.783. The summed E-state index contributed by atoms with van der Waals surface area (Å²) in [4.78, 5) is 12.5. The Kier molecular flexibility index (Phi) is 6.65. The van der Waals surface area contributed by atoms with E-state index in [1.807, 2.05) is 22.8 Å². The molecule has 1 amide bonds. The predicted molar refractivity (Wildman–Crippen MR) is 121 cm³/mol. The van der Waals surface area contributed by atoms with Gasteiger partial charge in [0.2, 0.25) is 5.91 Å². The molecule has 0 atom stereocenters. The molecule has 1 aromatic heterocycles. The van der Waals surface area contributed by atoms with Crippen molar-refractivity contribution in [3.05, 3.63) is 58.1 Å². The summed E-state index contributed by atoms with van der Waals surface area (Å²) in [5, 5.41) is 11.4. The third-order valence-corrected chi connectivity index (χ3v) is 6.08. The van der Waals surface area contributed by atoms with E-state index in [4.69, 9.17) is 4.74 Å². The standard InChI is InChI=1S/C23H24BrFN4O2/c1-31-20-10-6-15(13-18(20)24)7-11-22(30)26-16-8-9-19(25)17(14-16)23-28-27-21-5-3-2-4-12-29(21)23/h6,8-10,13-14H,2-5,7,11-12H2,1H3,(H,26,30). The zero-order valence-electron chi connectivity index (χ0n) is 17.3. The normalized spacial score (nSPS) is 13.4. The van der Waals surface area contributed by atoms with Crippen LogP contribution in [-0.4, -0.2) is 27.8 Å². The molecule has 8 heteroatoms. The van der Waals surface area contributed by atoms with Crippen LogP contribution >= 0.6 is 15.9 Å². The van der Waals surface area contributed by atoms with E-state index in [9.17, 15) is 9.18 Å². The number of methoxy groups -OCH3 is 1. The Bertz CT molecular complexity index is 1100. The van der Waals surface area contributed by atoms with Crippen molar-refractivity contribution in [2.75, 3.05) is 12.4 Å². The van der Waals surface area contributed by atoms with Crippen molar-refractivity contribution in [3.63, 3.8) is 0 Å². The number of benzene rings is 2. The van der Waals surface area contributed by atoms with E-state index in [0.29, 0.717) is 29.9 Å². The van der Waals surface area contributed by atoms with Crippen molar-refractivity contribution in [1.29, 1.82) is 0 Å². The number of halogens is 2. The summed E-state index contributed by atoms with van der Waals surface area (Å²) >= 11 is 3.46. The van der Waals surface area contributed by atoms with Gasteiger partial charge in [-0.25, -0.2) is 4.39 Å². The zero-order chi connectivity index (χ0) is 21.8. The molecule has 0 radical (unpaired) electrons. The van der Waals surface area contributed by atoms with Crippen molar-refractivity contribution >= 4 is 27.5 Å². The van der Waals surface area contributed by atoms with Crippen LogP contribution in [0.4, 0.5) is 10.1 Å². The number of aromatic nitrogens is 3. The van der Waals surface area contributed by atoms with Crippen LogP contribution in [0.3, 0.4) is 0 Å². The Morgan fingerprint density at radius 1 is 1.19 bits per heavy atom. The van der Waals surface area contributed by atoms with Crippen molar-refractivity contribution in [1.82, 2.24) is 14.8 Å². The molecule has 31 heavy (non-hydrogen) atoms. The van der Waals surface area contributed by atoms with E-state index in [0.717, 1.165) is 53.8 Å². The molecule has 2 heterocycles. The summed E-state index contributed by atoms with van der Waals surface area (Å²) in [7, 11) is 1.61. The number of anilines is 1. The lowest BCUT2D eigenvalue weighted by Gasteiger charge is -2.11. The quantitative estimate of drug-likeness (QED) is 0.522. The molecule has 6 nitrogen and oxygen atoms in total. The molecule has 0 bridgehead atoms. The molecular formula is C23H24BrFN4O2. The highest BCUT2D eigenvalue weighted by atomic mass is 79.9. The topological polar surface area (TPSA) is 69.0 Å². The minimum Gasteiger partial charge on any atom is -0.496 e. The van der Waals surface area contributed by atoms with Gasteiger partial charge >= 0.3 is 0 Å². The van der Waals surface area contributed by atoms with E-state index >= 15 is 0 Å². The highest BCUT2D eigenvalue weighted by molar-refractivity contribution is 9.10. The second-order valence-corrected chi connectivity index (χ2v) is 8.47. The molecule has 0 unspecified atom stereocenters. The van der Waals surface area contributed by atoms with Crippen LogP contribution in [0.25, 0.3) is 11.4 Å². The van der Waals surface area contributed by atoms with Crippen LogP contribution in [0, 0.1) is 5.82 Å². The van der Waals surface area contributed by atoms with Gasteiger partial charge < -0.3 is 14.6 Å². The lowest BCUT2D eigenvalue weighted by Crippen LogP contribution is -2.13. The van der Waals surface area contributed by atoms with Crippen LogP contribution in [0.5, 0.6) is 5.75 Å². The number of nitrogens with zero attached hydrogens (tertiary/aromatic N) is 3. The number of ether oxygens (including phenoxy) is 1. The SMILES string of the molecule is COc1ccc(CCC(=O)Nc2ccc(F)c(-c3nnc4n3CCCCC4)c2)cc1Br. The van der Waals surface area contributed by atoms with Crippen molar-refractivity contribution < 1.29 is 13.9 Å². The number of amides is 1. The monoisotopic (exact) mass is 486 g/mol. The van der Waals surface area contributed by atoms with E-state index in [1.54, 1.807) is 19.2 Å². The predicted octanol–water partition coefficient (Wildman–Crippen LogP) is 5.15. The molecular weight excluding hydrogens is 463 g/mol. The average Bonchev–Trinajstić information content (AvgIpc) is 3.01. The van der Waals surface area contributed by atoms with Gasteiger partial charge in [-0.1, -0.05) is 12.5 Å². The number of hydrogen-bond donors (Lipinski definition) is 1. The first kappa shape index (κ1) is 21.5. The smallest absolute Gasteiger partial charge is 0.224 e. The Labute approximate surface area is 189 Å². The summed E-state index contributed by atoms with van der Waals surface area (Å²) in [6.07, 6.45) is 4.98. The first-order valence-electron chi connectivity index (χ1n) is 10.4. The van der Waals surface area contributed by atoms with Gasteiger partial charge in [0.05, 0.1) is 17.1 Å². The fourth-order valence-corrected chi connectivity index (χ4v) is 4.39. The Balaban J connectivity index is 1.46. The first-order valence-corrected chi connectivity index (χ1v) is 11.2. The van der Waals surface area contributed by atoms with Crippen LogP contribution in [0.15, 0.2) is 40.9 Å². The summed E-state index contributed by atoms with van der Waals surface area (Å²) in [5.41, 5.74) is 1.93. The molecule has 1 aliphatic rings. The summed E-state index contributed by atoms with van der Waals surface area (Å²) in [5.74, 6) is 1.66. The number of hydrogen-bond acceptors (Lipinski definition) is 4. The number of rotatable bonds is 6. The molecule has 3 aromatic rings. The number of carbonyl (C=O) groups excluding carboxylic acids is 1. The lowest BCUT2D eigenvalue weighted by molar-refractivity contribution is -0.116. The van der Waals surface area contributed by atoms with Crippen LogP contribution < -0.4 is 10.1 Å². The molecule has 2 aromatic carbocycles. The molecule has 1 aliphatic heterocycles. The highest BCUT2D eigenvalue weighted by Crippen LogP contribution is 2.28. The molecule has 0 saturated heterocycles. The molecule has 0 spiro atoms. The van der Waals surface area contributed by atoms with Crippen molar-refractivity contribution in [2.24, 2.45) is 0 Å². The van der Waals surface area contributed by atoms with Gasteiger partial charge in [0.25, 0.3) is 0 Å². The van der Waals surface area contributed by atoms with Gasteiger partial charge in [-0.15, -0.1) is 10.2 Å². The van der Waals surface area contributed by atoms with Gasteiger partial charge in [0.15, 0.2) is 5.82 Å². The van der Waals surface area contributed by atoms with Crippen LogP contribution in [0.2, 0.25) is 0 Å². The second-order valence-electron chi connectivity index (χ2n) is 7.61. The second kappa shape index (κ2) is 9.60. The van der Waals surface area contributed by atoms with Gasteiger partial charge in [-0.2, -0.15) is 0 Å². The van der Waals surface area contributed by atoms with Crippen LogP contribution in [0.1, 0.15) is 37.1 Å². The lowest BCUT2D eigenvalue weighted by atomic mass is 10.1. The molecule has 1 N–H and O–H groups in total. The minimum absolute atomic E-state index is 0.135. The van der Waals surface area contributed by atoms with Gasteiger partial charge in [0, 0.05) is 25.1 Å². The highest BCUT2D eigenvalue weighted by Gasteiger charge is 2.19. The molecule has 0 aliphatic carbocycles. The fraction of sp³-hybridized carbons (Fsp3) is 0.348. The fourth-order valence-electron chi connectivity index (χ4n) is 3.81. The summed E-state index contributed by atoms with van der Waals surface area (Å²) in [6, 6.07) is 10.3. The maximum Gasteiger partial charge on any atom is 0.224 e. The average molecular weight is 487 g/mol. The maximum atomic E-state index is 14.6. The zero-order valence-corrected chi connectivity index (χ0v) is 18.9. The molecule has 162 valence electrons. The van der Waals surface area contributed by atoms with Crippen LogP contribution in [-0.2, 0) is 24.2 Å². The number of fused-ring (bicyclic) bond motifs is 1. The Morgan fingerprint density at radius 2 is 2.06 bits per heavy atom. The number of aryl methyl sites for hydroxylation is 2. The van der Waals surface area contributed by atoms with Gasteiger partial charge in [-0.3, -0.25) is 4.79 Å². The van der Waals surface area contributed by atoms with E-state index < -0.39 is 0 Å². The third kappa shape index (κ3) is 4.95. The molecule has 0 saturated carbocycles. The summed E-state index contributed by atoms with van der Waals surface area (Å²) < 4.78 is 22.7. The number of nitrogens with one attached hydrogen (secondary N) is 1. The third-order valence-electron chi connectivity index (χ3n) is 5.46. The Morgan fingerprint density at radius 3 is 2.87 bits per heavy atom. The van der Waals surface area contributed by atoms with Gasteiger partial charge in [-0.05, 0) is 71.1 Å². The largest absolute Gasteiger partial charge is 0.496 e. The van der Waals surface area contributed by atoms with E-state index in [2.05, 4.69) is 31.4 Å². The van der Waals surface area contributed by atoms with Gasteiger partial charge in [0.1, 0.15) is 17.4 Å². The minimum atomic E-state index is -0.375. The van der Waals surface area contributed by atoms with E-state index in [1.165, 1.54) is 6.07 Å². The Hall–Kier alpha value is -2.74. The van der Waals surface area contributed by atoms with E-state index in [-0.39, 0.29) is 11.7 Å². The maximum absolute atomic E-state index is 14.6. The van der Waals surface area contributed by atoms with Crippen molar-refractivity contribution in [2.45, 2.75) is 45.1 Å².